The summed E-state index contributed by atoms with van der Waals surface area (Å²) in [6, 6.07) is -5.97. The normalized spacial score (nSPS) is 15.2. The van der Waals surface area contributed by atoms with Gasteiger partial charge in [-0.15, -0.1) is 0 Å². The molecule has 0 saturated carbocycles. The van der Waals surface area contributed by atoms with Gasteiger partial charge >= 0.3 is 17.9 Å². The molecule has 0 fully saturated rings. The fourth-order valence-corrected chi connectivity index (χ4v) is 2.75. The number of amides is 3. The lowest BCUT2D eigenvalue weighted by Gasteiger charge is -2.25. The van der Waals surface area contributed by atoms with E-state index < -0.39 is 78.7 Å². The Balaban J connectivity index is 5.50. The molecule has 0 aromatic heterocycles. The molecule has 34 heavy (non-hydrogen) atoms. The van der Waals surface area contributed by atoms with Crippen LogP contribution in [-0.4, -0.2) is 92.9 Å². The molecule has 5 unspecified atom stereocenters. The molecule has 5 atom stereocenters. The van der Waals surface area contributed by atoms with Crippen molar-refractivity contribution in [1.29, 1.82) is 0 Å². The Hall–Kier alpha value is -3.30. The van der Waals surface area contributed by atoms with E-state index in [0.717, 1.165) is 6.92 Å². The average molecular weight is 491 g/mol. The summed E-state index contributed by atoms with van der Waals surface area (Å²) in [7, 11) is 0. The summed E-state index contributed by atoms with van der Waals surface area (Å²) in [6.07, 6.45) is -2.19. The van der Waals surface area contributed by atoms with Crippen LogP contribution in [0.2, 0.25) is 0 Å². The second-order valence-electron chi connectivity index (χ2n) is 7.61. The first kappa shape index (κ1) is 30.7. The zero-order chi connectivity index (χ0) is 26.4. The fourth-order valence-electron chi connectivity index (χ4n) is 2.75. The number of carboxylic acids is 3. The second kappa shape index (κ2) is 15.5. The first-order valence-electron chi connectivity index (χ1n) is 10.5. The van der Waals surface area contributed by atoms with Gasteiger partial charge in [0.15, 0.2) is 6.04 Å². The number of unbranched alkanes of at least 4 members (excludes halogenated alkanes) is 1. The van der Waals surface area contributed by atoms with Crippen LogP contribution >= 0.6 is 0 Å². The summed E-state index contributed by atoms with van der Waals surface area (Å²) in [5.41, 5.74) is 11.0. The van der Waals surface area contributed by atoms with Crippen molar-refractivity contribution >= 4 is 35.6 Å². The highest BCUT2D eigenvalue weighted by atomic mass is 16.4. The molecule has 0 heterocycles. The van der Waals surface area contributed by atoms with Crippen LogP contribution in [-0.2, 0) is 28.8 Å². The number of aliphatic hydroxyl groups excluding tert-OH is 1. The minimum absolute atomic E-state index is 0.00673. The lowest BCUT2D eigenvalue weighted by Crippen LogP contribution is -2.58. The van der Waals surface area contributed by atoms with E-state index in [9.17, 15) is 33.9 Å². The number of hydrogen-bond acceptors (Lipinski definition) is 9. The summed E-state index contributed by atoms with van der Waals surface area (Å²) < 4.78 is 0. The minimum Gasteiger partial charge on any atom is -0.481 e. The van der Waals surface area contributed by atoms with Gasteiger partial charge in [0.1, 0.15) is 12.1 Å². The van der Waals surface area contributed by atoms with Crippen molar-refractivity contribution in [3.8, 4) is 0 Å². The van der Waals surface area contributed by atoms with E-state index in [1.165, 1.54) is 0 Å². The predicted octanol–water partition coefficient (Wildman–Crippen LogP) is -3.30. The van der Waals surface area contributed by atoms with Crippen molar-refractivity contribution in [3.05, 3.63) is 0 Å². The van der Waals surface area contributed by atoms with Gasteiger partial charge in [0.05, 0.1) is 18.6 Å². The number of rotatable bonds is 17. The smallest absolute Gasteiger partial charge is 0.328 e. The third kappa shape index (κ3) is 12.1. The molecule has 0 rings (SSSR count). The lowest BCUT2D eigenvalue weighted by atomic mass is 10.1. The van der Waals surface area contributed by atoms with Gasteiger partial charge in [-0.2, -0.15) is 0 Å². The molecule has 15 nitrogen and oxygen atoms in total. The molecule has 0 aliphatic heterocycles. The van der Waals surface area contributed by atoms with Crippen LogP contribution in [0.5, 0.6) is 0 Å². The van der Waals surface area contributed by atoms with Crippen molar-refractivity contribution in [2.45, 2.75) is 75.7 Å². The third-order valence-corrected chi connectivity index (χ3v) is 4.64. The first-order chi connectivity index (χ1) is 15.8. The monoisotopic (exact) mass is 491 g/mol. The van der Waals surface area contributed by atoms with Crippen LogP contribution in [0.1, 0.15) is 45.4 Å². The highest BCUT2D eigenvalue weighted by Crippen LogP contribution is 2.05. The van der Waals surface area contributed by atoms with E-state index in [1.54, 1.807) is 0 Å². The Labute approximate surface area is 195 Å². The largest absolute Gasteiger partial charge is 0.481 e. The van der Waals surface area contributed by atoms with E-state index in [0.29, 0.717) is 12.8 Å². The molecule has 0 aliphatic carbocycles. The van der Waals surface area contributed by atoms with E-state index in [1.807, 2.05) is 0 Å². The summed E-state index contributed by atoms with van der Waals surface area (Å²) in [4.78, 5) is 70.6. The van der Waals surface area contributed by atoms with Crippen LogP contribution in [0, 0.1) is 0 Å². The van der Waals surface area contributed by atoms with Gasteiger partial charge in [-0.1, -0.05) is 0 Å². The highest BCUT2D eigenvalue weighted by Gasteiger charge is 2.32. The predicted molar refractivity (Wildman–Crippen MR) is 115 cm³/mol. The highest BCUT2D eigenvalue weighted by molar-refractivity contribution is 5.95. The maximum absolute atomic E-state index is 12.7. The fraction of sp³-hybridized carbons (Fsp3) is 0.684. The maximum Gasteiger partial charge on any atom is 0.328 e. The zero-order valence-corrected chi connectivity index (χ0v) is 18.7. The number of nitrogens with one attached hydrogen (secondary N) is 3. The number of carbonyl (C=O) groups excluding carboxylic acids is 3. The summed E-state index contributed by atoms with van der Waals surface area (Å²) in [5, 5.41) is 43.0. The topological polar surface area (TPSA) is 271 Å². The summed E-state index contributed by atoms with van der Waals surface area (Å²) in [5.74, 6) is -7.14. The van der Waals surface area contributed by atoms with Crippen LogP contribution in [0.3, 0.4) is 0 Å². The molecule has 0 aromatic carbocycles. The zero-order valence-electron chi connectivity index (χ0n) is 18.7. The lowest BCUT2D eigenvalue weighted by molar-refractivity contribution is -0.145. The molecule has 15 heteroatoms. The van der Waals surface area contributed by atoms with Gasteiger partial charge in [-0.3, -0.25) is 24.0 Å². The van der Waals surface area contributed by atoms with E-state index in [2.05, 4.69) is 16.0 Å². The Bertz CT molecular complexity index is 745. The van der Waals surface area contributed by atoms with Gasteiger partial charge in [-0.25, -0.2) is 4.79 Å². The number of nitrogens with two attached hydrogens (primary N) is 2. The molecule has 0 aromatic rings. The van der Waals surface area contributed by atoms with Crippen molar-refractivity contribution in [2.24, 2.45) is 11.5 Å². The van der Waals surface area contributed by atoms with E-state index >= 15 is 0 Å². The van der Waals surface area contributed by atoms with Gasteiger partial charge in [0.25, 0.3) is 0 Å². The minimum atomic E-state index is -1.66. The number of hydrogen-bond donors (Lipinski definition) is 9. The van der Waals surface area contributed by atoms with E-state index in [4.69, 9.17) is 26.8 Å². The van der Waals surface area contributed by atoms with Crippen LogP contribution in [0.15, 0.2) is 0 Å². The molecule has 0 radical (unpaired) electrons. The Morgan fingerprint density at radius 2 is 1.35 bits per heavy atom. The SMILES string of the molecule is CC(O)C(NC(=O)C(CCCCN)NC(=O)C(CC(=O)O)NC(=O)C(N)CCC(=O)O)C(=O)O. The molecular weight excluding hydrogens is 458 g/mol. The molecule has 0 spiro atoms. The standard InChI is InChI=1S/C19H33N5O10/c1-9(25)15(19(33)34)24-17(31)11(4-2-3-7-20)22-18(32)12(8-14(28)29)23-16(30)10(21)5-6-13(26)27/h9-12,15,25H,2-8,20-21H2,1H3,(H,22,32)(H,23,30)(H,24,31)(H,26,27)(H,28,29)(H,33,34). The maximum atomic E-state index is 12.7. The molecule has 3 amide bonds. The molecule has 194 valence electrons. The Kier molecular flexibility index (Phi) is 14.0. The van der Waals surface area contributed by atoms with Crippen LogP contribution < -0.4 is 27.4 Å². The number of aliphatic carboxylic acids is 3. The first-order valence-corrected chi connectivity index (χ1v) is 10.5. The Morgan fingerprint density at radius 1 is 0.794 bits per heavy atom. The van der Waals surface area contributed by atoms with Crippen LogP contribution in [0.25, 0.3) is 0 Å². The summed E-state index contributed by atoms with van der Waals surface area (Å²) >= 11 is 0. The number of aliphatic hydroxyl groups is 1. The molecule has 0 saturated heterocycles. The van der Waals surface area contributed by atoms with Gasteiger partial charge < -0.3 is 47.8 Å². The number of carboxylic acid groups (broad SMARTS) is 3. The average Bonchev–Trinajstić information content (AvgIpc) is 2.73. The quantitative estimate of drug-likeness (QED) is 0.0905. The van der Waals surface area contributed by atoms with Crippen molar-refractivity contribution < 1.29 is 49.2 Å². The van der Waals surface area contributed by atoms with Crippen molar-refractivity contribution in [2.75, 3.05) is 6.54 Å². The summed E-state index contributed by atoms with van der Waals surface area (Å²) in [6.45, 7) is 1.42. The second-order valence-corrected chi connectivity index (χ2v) is 7.61. The molecule has 11 N–H and O–H groups in total. The van der Waals surface area contributed by atoms with Gasteiger partial charge in [0, 0.05) is 6.42 Å². The molecular formula is C19H33N5O10. The van der Waals surface area contributed by atoms with Crippen LogP contribution in [0.4, 0.5) is 0 Å². The molecule has 0 aliphatic rings. The molecule has 0 bridgehead atoms. The van der Waals surface area contributed by atoms with Crippen molar-refractivity contribution in [3.63, 3.8) is 0 Å². The van der Waals surface area contributed by atoms with E-state index in [-0.39, 0.29) is 19.4 Å². The van der Waals surface area contributed by atoms with Gasteiger partial charge in [-0.05, 0) is 39.2 Å². The number of carbonyl (C=O) groups is 6. The Morgan fingerprint density at radius 3 is 1.82 bits per heavy atom. The third-order valence-electron chi connectivity index (χ3n) is 4.64. The van der Waals surface area contributed by atoms with Crippen molar-refractivity contribution in [1.82, 2.24) is 16.0 Å². The van der Waals surface area contributed by atoms with Gasteiger partial charge in [0.2, 0.25) is 17.7 Å².